The van der Waals surface area contributed by atoms with E-state index < -0.39 is 23.1 Å². The van der Waals surface area contributed by atoms with E-state index in [-0.39, 0.29) is 27.6 Å². The van der Waals surface area contributed by atoms with E-state index in [1.807, 2.05) is 69.2 Å². The topological polar surface area (TPSA) is 73.8 Å². The minimum Gasteiger partial charge on any atom is -0.340 e. The van der Waals surface area contributed by atoms with Crippen molar-refractivity contribution in [2.45, 2.75) is 363 Å². The molecule has 4 aliphatic heterocycles. The lowest BCUT2D eigenvalue weighted by Gasteiger charge is -2.41. The number of hydrogen-bond acceptors (Lipinski definition) is 8. The minimum absolute atomic E-state index is 0.186. The van der Waals surface area contributed by atoms with Crippen LogP contribution in [0, 0.1) is 228 Å². The maximum atomic E-state index is 6.00. The molecule has 8 heteroatoms. The second kappa shape index (κ2) is 47.6. The molecule has 0 aromatic rings. The van der Waals surface area contributed by atoms with Crippen molar-refractivity contribution in [3.63, 3.8) is 0 Å². The van der Waals surface area contributed by atoms with Gasteiger partial charge in [-0.1, -0.05) is 96.3 Å². The van der Waals surface area contributed by atoms with Gasteiger partial charge in [0.1, 0.15) is 0 Å². The lowest BCUT2D eigenvalue weighted by atomic mass is 9.63. The molecule has 0 N–H and O–H groups in total. The maximum Gasteiger partial charge on any atom is 0.233 e. The molecular formula is C102H154O8. The second-order valence-corrected chi connectivity index (χ2v) is 36.7. The molecule has 110 heavy (non-hydrogen) atoms. The lowest BCUT2D eigenvalue weighted by Crippen LogP contribution is -2.48. The van der Waals surface area contributed by atoms with Crippen molar-refractivity contribution >= 4 is 0 Å². The highest BCUT2D eigenvalue weighted by Crippen LogP contribution is 2.50. The van der Waals surface area contributed by atoms with Gasteiger partial charge in [0.15, 0.2) is 0 Å². The third-order valence-corrected chi connectivity index (χ3v) is 24.8. The Kier molecular flexibility index (Phi) is 42.1. The van der Waals surface area contributed by atoms with Gasteiger partial charge in [0.2, 0.25) is 23.1 Å². The predicted molar refractivity (Wildman–Crippen MR) is 459 cm³/mol. The van der Waals surface area contributed by atoms with E-state index in [4.69, 9.17) is 37.9 Å². The molecule has 0 spiro atoms. The highest BCUT2D eigenvalue weighted by Gasteiger charge is 2.44. The number of hydrogen-bond donors (Lipinski definition) is 0. The van der Waals surface area contributed by atoms with E-state index >= 15 is 0 Å². The average molecular weight is 1510 g/mol. The third kappa shape index (κ3) is 34.5. The molecule has 6 aliphatic carbocycles. The van der Waals surface area contributed by atoms with Crippen LogP contribution in [0.5, 0.6) is 0 Å². The summed E-state index contributed by atoms with van der Waals surface area (Å²) < 4.78 is 46.1. The smallest absolute Gasteiger partial charge is 0.233 e. The standard InChI is InChI=1S/C21H32.C19H28O2.C17H24O4.C14H20.2C11H18.C9H14O2/c1-5-11-20(4)13-9-19(10-14-20)17-21(12-6-2)15-7-18(3)8-16-21;1-5-9-18(4)11-7-17(8-12-18)13-19(10-6-2)20-14-16(3)15-21-19;1-5-7-16(4)18-12-15(13-19-16)9-17(8-6-2)20-10-14(3)11-21-17;1-5-7-13(3)9-11-14(4,8-6-2)12-10-13;1-4-7-11(3)8-5-10(2)6-9-11;1-4-5-11-8-9(2)6-7-10(11)3;1-4-5-9(3)10-6-8(2)7-11-9/h18-19H,7-10,13-17H2,1-4H3;16-17H,7-8,11-15H2,1-4H3;14-15H,9-13H2,1-4H3;9-12H2,1-4H3;10H,5-6,8-9H2,1-3H3;9-11H,6-8H2,1-3H3;8H,6-7H2,1-3H3/t;;;;;9-,10-,11?;/m.....1./s1. The van der Waals surface area contributed by atoms with E-state index in [1.165, 1.54) is 154 Å². The highest BCUT2D eigenvalue weighted by atomic mass is 16.7. The summed E-state index contributed by atoms with van der Waals surface area (Å²) in [6.45, 7) is 57.4. The van der Waals surface area contributed by atoms with Crippen LogP contribution in [0.2, 0.25) is 0 Å². The molecule has 610 valence electrons. The molecule has 10 rings (SSSR count). The molecule has 8 nitrogen and oxygen atoms in total. The summed E-state index contributed by atoms with van der Waals surface area (Å²) in [5.41, 5.74) is 1.69. The molecule has 10 fully saturated rings. The van der Waals surface area contributed by atoms with Crippen molar-refractivity contribution in [3.8, 4) is 130 Å². The molecule has 4 heterocycles. The van der Waals surface area contributed by atoms with E-state index in [1.54, 1.807) is 20.8 Å². The van der Waals surface area contributed by atoms with E-state index in [2.05, 4.69) is 213 Å². The zero-order valence-corrected chi connectivity index (χ0v) is 74.7. The zero-order valence-electron chi connectivity index (χ0n) is 74.7. The van der Waals surface area contributed by atoms with Crippen molar-refractivity contribution < 1.29 is 37.9 Å². The zero-order chi connectivity index (χ0) is 81.6. The summed E-state index contributed by atoms with van der Waals surface area (Å²) in [6.07, 6.45) is 32.5. The first-order valence-corrected chi connectivity index (χ1v) is 43.0. The summed E-state index contributed by atoms with van der Waals surface area (Å²) in [4.78, 5) is 0. The molecule has 10 aliphatic rings. The first-order valence-electron chi connectivity index (χ1n) is 43.0. The molecule has 0 bridgehead atoms. The fourth-order valence-corrected chi connectivity index (χ4v) is 17.3. The van der Waals surface area contributed by atoms with Gasteiger partial charge in [0.05, 0.1) is 52.9 Å². The van der Waals surface area contributed by atoms with E-state index in [0.717, 1.165) is 62.4 Å². The predicted octanol–water partition coefficient (Wildman–Crippen LogP) is 23.3. The van der Waals surface area contributed by atoms with Crippen LogP contribution < -0.4 is 0 Å². The van der Waals surface area contributed by atoms with Crippen LogP contribution in [0.1, 0.15) is 340 Å². The largest absolute Gasteiger partial charge is 0.340 e. The van der Waals surface area contributed by atoms with Crippen LogP contribution in [0.25, 0.3) is 0 Å². The van der Waals surface area contributed by atoms with Gasteiger partial charge in [-0.25, -0.2) is 0 Å². The van der Waals surface area contributed by atoms with Gasteiger partial charge < -0.3 is 37.9 Å². The Morgan fingerprint density at radius 1 is 0.245 bits per heavy atom. The monoisotopic (exact) mass is 1510 g/mol. The summed E-state index contributed by atoms with van der Waals surface area (Å²) in [7, 11) is 0. The molecular weight excluding hydrogens is 1350 g/mol. The molecule has 0 amide bonds. The average Bonchev–Trinajstić information content (AvgIpc) is 0.819. The van der Waals surface area contributed by atoms with Gasteiger partial charge in [-0.05, 0) is 318 Å². The van der Waals surface area contributed by atoms with Crippen LogP contribution in [0.3, 0.4) is 0 Å². The third-order valence-electron chi connectivity index (χ3n) is 24.8. The normalized spacial score (nSPS) is 38.6. The lowest BCUT2D eigenvalue weighted by molar-refractivity contribution is -0.279. The molecule has 0 aromatic heterocycles. The first-order chi connectivity index (χ1) is 52.1. The quantitative estimate of drug-likeness (QED) is 0.244. The molecule has 4 saturated heterocycles. The molecule has 0 aromatic carbocycles. The fraction of sp³-hybridized carbons (Fsp3) is 0.784. The molecule has 3 atom stereocenters. The van der Waals surface area contributed by atoms with Crippen LogP contribution >= 0.6 is 0 Å². The van der Waals surface area contributed by atoms with E-state index in [0.29, 0.717) is 73.3 Å². The Morgan fingerprint density at radius 3 is 0.873 bits per heavy atom. The Labute approximate surface area is 677 Å². The maximum absolute atomic E-state index is 6.00. The van der Waals surface area contributed by atoms with Gasteiger partial charge in [-0.3, -0.25) is 0 Å². The van der Waals surface area contributed by atoms with Gasteiger partial charge in [0, 0.05) is 88.8 Å². The Bertz CT molecular complexity index is 3180. The second-order valence-electron chi connectivity index (χ2n) is 36.7. The van der Waals surface area contributed by atoms with E-state index in [9.17, 15) is 0 Å². The molecule has 0 radical (unpaired) electrons. The SMILES string of the molecule is CC#CC1(C)CCC(C)(C#CC)CC1.CC#CC1(C)CCC(C)CC1.CC#CC1(C)CCC(CC2(C#CC)CCC(C)CC2)CC1.CC#CC1(C)CCC(CC2(C#CC)OCC(C)CO2)CC1.CC#CC1(C)OCC(C)CO1.CC#CC1(C)OCC(CC2(C#CC)OCC(C)CO2)CO1.CC#CC1C[C@H](C)CC[C@H]1C. The van der Waals surface area contributed by atoms with Crippen LogP contribution in [-0.4, -0.2) is 76.0 Å². The summed E-state index contributed by atoms with van der Waals surface area (Å²) >= 11 is 0. The first kappa shape index (κ1) is 97.2. The summed E-state index contributed by atoms with van der Waals surface area (Å²) in [5, 5.41) is 0. The number of ether oxygens (including phenoxy) is 8. The van der Waals surface area contributed by atoms with Crippen molar-refractivity contribution in [1.29, 1.82) is 0 Å². The van der Waals surface area contributed by atoms with Gasteiger partial charge in [0.25, 0.3) is 0 Å². The number of rotatable bonds is 6. The Hall–Kier alpha value is -5.16. The fourth-order valence-electron chi connectivity index (χ4n) is 17.3. The van der Waals surface area contributed by atoms with Crippen molar-refractivity contribution in [3.05, 3.63) is 0 Å². The highest BCUT2D eigenvalue weighted by molar-refractivity contribution is 5.19. The Morgan fingerprint density at radius 2 is 0.536 bits per heavy atom. The van der Waals surface area contributed by atoms with Crippen molar-refractivity contribution in [2.75, 3.05) is 52.9 Å². The van der Waals surface area contributed by atoms with Crippen LogP contribution in [-0.2, 0) is 37.9 Å². The molecule has 6 saturated carbocycles. The summed E-state index contributed by atoms with van der Waals surface area (Å²) in [6, 6.07) is 0. The van der Waals surface area contributed by atoms with Crippen molar-refractivity contribution in [1.82, 2.24) is 0 Å². The van der Waals surface area contributed by atoms with Crippen LogP contribution in [0.4, 0.5) is 0 Å². The summed E-state index contributed by atoms with van der Waals surface area (Å²) in [5.74, 6) is 73.5. The molecule has 1 unspecified atom stereocenters. The van der Waals surface area contributed by atoms with Gasteiger partial charge in [-0.15, -0.1) is 65.1 Å². The Balaban J connectivity index is 0.000000276. The van der Waals surface area contributed by atoms with Crippen LogP contribution in [0.15, 0.2) is 0 Å². The minimum atomic E-state index is -0.817. The van der Waals surface area contributed by atoms with Gasteiger partial charge >= 0.3 is 0 Å². The van der Waals surface area contributed by atoms with Crippen molar-refractivity contribution in [2.24, 2.45) is 97.6 Å². The van der Waals surface area contributed by atoms with Gasteiger partial charge in [-0.2, -0.15) is 0 Å².